The highest BCUT2D eigenvalue weighted by Gasteiger charge is 2.27. The van der Waals surface area contributed by atoms with E-state index < -0.39 is 0 Å². The maximum Gasteiger partial charge on any atom is 0.246 e. The Labute approximate surface area is 209 Å². The largest absolute Gasteiger partial charge is 0.494 e. The molecule has 2 aliphatic rings. The van der Waals surface area contributed by atoms with Crippen LogP contribution in [0.15, 0.2) is 60.7 Å². The zero-order chi connectivity index (χ0) is 24.6. The predicted octanol–water partition coefficient (Wildman–Crippen LogP) is 4.12. The molecule has 0 unspecified atom stereocenters. The number of nitrogens with zero attached hydrogens (tertiary/aromatic N) is 3. The van der Waals surface area contributed by atoms with Gasteiger partial charge in [-0.1, -0.05) is 30.3 Å². The molecule has 0 spiro atoms. The van der Waals surface area contributed by atoms with Gasteiger partial charge in [0.2, 0.25) is 5.91 Å². The first-order chi connectivity index (χ1) is 17.0. The van der Waals surface area contributed by atoms with E-state index in [2.05, 4.69) is 16.8 Å². The molecule has 35 heavy (non-hydrogen) atoms. The molecule has 2 aromatic rings. The van der Waals surface area contributed by atoms with Crippen LogP contribution in [0.4, 0.5) is 0 Å². The van der Waals surface area contributed by atoms with E-state index in [4.69, 9.17) is 4.74 Å². The van der Waals surface area contributed by atoms with Crippen LogP contribution in [0.5, 0.6) is 5.75 Å². The number of hydrogen-bond donors (Lipinski definition) is 0. The fraction of sp³-hybridized carbons (Fsp3) is 0.448. The number of carbonyl (C=O) groups excluding carboxylic acids is 2. The molecule has 2 aliphatic heterocycles. The van der Waals surface area contributed by atoms with Crippen molar-refractivity contribution in [2.75, 3.05) is 52.9 Å². The Morgan fingerprint density at radius 3 is 2.46 bits per heavy atom. The monoisotopic (exact) mass is 475 g/mol. The van der Waals surface area contributed by atoms with Crippen molar-refractivity contribution in [3.8, 4) is 16.9 Å². The Morgan fingerprint density at radius 1 is 0.943 bits per heavy atom. The molecule has 6 nitrogen and oxygen atoms in total. The van der Waals surface area contributed by atoms with Gasteiger partial charge in [-0.25, -0.2) is 0 Å². The predicted molar refractivity (Wildman–Crippen MR) is 140 cm³/mol. The number of hydrogen-bond acceptors (Lipinski definition) is 5. The average molecular weight is 476 g/mol. The third-order valence-corrected chi connectivity index (χ3v) is 7.08. The maximum absolute atomic E-state index is 13.1. The fourth-order valence-corrected chi connectivity index (χ4v) is 5.08. The molecule has 2 fully saturated rings. The van der Waals surface area contributed by atoms with Crippen molar-refractivity contribution < 1.29 is 14.3 Å². The Hall–Kier alpha value is -2.96. The highest BCUT2D eigenvalue weighted by atomic mass is 16.5. The molecule has 0 bridgehead atoms. The summed E-state index contributed by atoms with van der Waals surface area (Å²) in [4.78, 5) is 32.8. The number of rotatable bonds is 7. The summed E-state index contributed by atoms with van der Waals surface area (Å²) in [7, 11) is 2.19. The first-order valence-electron chi connectivity index (χ1n) is 12.8. The van der Waals surface area contributed by atoms with Gasteiger partial charge in [0.05, 0.1) is 6.61 Å². The lowest BCUT2D eigenvalue weighted by molar-refractivity contribution is -0.127. The summed E-state index contributed by atoms with van der Waals surface area (Å²) in [5.41, 5.74) is 2.31. The number of allylic oxidation sites excluding steroid dienone is 1. The molecule has 0 atom stereocenters. The minimum Gasteiger partial charge on any atom is -0.494 e. The van der Waals surface area contributed by atoms with Crippen molar-refractivity contribution >= 4 is 11.7 Å². The van der Waals surface area contributed by atoms with Crippen molar-refractivity contribution in [1.82, 2.24) is 14.7 Å². The Kier molecular flexibility index (Phi) is 8.72. The van der Waals surface area contributed by atoms with E-state index >= 15 is 0 Å². The van der Waals surface area contributed by atoms with Crippen molar-refractivity contribution in [3.63, 3.8) is 0 Å². The van der Waals surface area contributed by atoms with Gasteiger partial charge >= 0.3 is 0 Å². The Bertz CT molecular complexity index is 1030. The van der Waals surface area contributed by atoms with Crippen LogP contribution in [0.3, 0.4) is 0 Å². The molecule has 1 amide bonds. The van der Waals surface area contributed by atoms with E-state index in [0.717, 1.165) is 69.0 Å². The molecule has 2 aromatic carbocycles. The van der Waals surface area contributed by atoms with E-state index in [1.54, 1.807) is 6.07 Å². The summed E-state index contributed by atoms with van der Waals surface area (Å²) < 4.78 is 5.65. The SMILES string of the molecule is CCOc1ccc(C(=O)C=CC(=O)N2CCC(N3CCCN(C)CC3)CC2)c(-c2ccccc2)c1. The van der Waals surface area contributed by atoms with Gasteiger partial charge in [0.1, 0.15) is 5.75 Å². The van der Waals surface area contributed by atoms with Crippen LogP contribution in [0, 0.1) is 0 Å². The second-order valence-corrected chi connectivity index (χ2v) is 9.45. The van der Waals surface area contributed by atoms with E-state index in [0.29, 0.717) is 18.2 Å². The summed E-state index contributed by atoms with van der Waals surface area (Å²) in [6.45, 7) is 8.50. The lowest BCUT2D eigenvalue weighted by Crippen LogP contribution is -2.47. The lowest BCUT2D eigenvalue weighted by Gasteiger charge is -2.37. The molecule has 186 valence electrons. The minimum absolute atomic E-state index is 0.0837. The quantitative estimate of drug-likeness (QED) is 0.445. The number of ketones is 1. The number of likely N-dealkylation sites (N-methyl/N-ethyl adjacent to an activating group) is 1. The van der Waals surface area contributed by atoms with Gasteiger partial charge in [-0.15, -0.1) is 0 Å². The zero-order valence-electron chi connectivity index (χ0n) is 21.0. The van der Waals surface area contributed by atoms with Gasteiger partial charge in [-0.05, 0) is 81.7 Å². The van der Waals surface area contributed by atoms with E-state index in [-0.39, 0.29) is 11.7 Å². The highest BCUT2D eigenvalue weighted by molar-refractivity contribution is 6.11. The molecule has 2 heterocycles. The number of amides is 1. The summed E-state index contributed by atoms with van der Waals surface area (Å²) in [5.74, 6) is 0.463. The van der Waals surface area contributed by atoms with Gasteiger partial charge in [-0.2, -0.15) is 0 Å². The summed E-state index contributed by atoms with van der Waals surface area (Å²) in [5, 5.41) is 0. The average Bonchev–Trinajstić information content (AvgIpc) is 3.12. The van der Waals surface area contributed by atoms with Crippen LogP contribution < -0.4 is 4.74 Å². The first kappa shape index (κ1) is 25.1. The zero-order valence-corrected chi connectivity index (χ0v) is 21.0. The molecule has 0 saturated carbocycles. The number of ether oxygens (including phenoxy) is 1. The van der Waals surface area contributed by atoms with Crippen LogP contribution >= 0.6 is 0 Å². The molecule has 0 aromatic heterocycles. The molecule has 0 aliphatic carbocycles. The molecular formula is C29H37N3O3. The standard InChI is InChI=1S/C29H37N3O3/c1-3-35-25-10-11-26(27(22-25)23-8-5-4-6-9-23)28(33)12-13-29(34)32-18-14-24(15-19-32)31-17-7-16-30(2)20-21-31/h4-6,8-13,22,24H,3,7,14-21H2,1-2H3. The Balaban J connectivity index is 1.39. The molecule has 4 rings (SSSR count). The highest BCUT2D eigenvalue weighted by Crippen LogP contribution is 2.29. The number of piperidine rings is 1. The van der Waals surface area contributed by atoms with Crippen molar-refractivity contribution in [2.24, 2.45) is 0 Å². The van der Waals surface area contributed by atoms with Crippen molar-refractivity contribution in [1.29, 1.82) is 0 Å². The van der Waals surface area contributed by atoms with Crippen LogP contribution in [0.2, 0.25) is 0 Å². The molecule has 0 N–H and O–H groups in total. The number of likely N-dealkylation sites (tertiary alicyclic amines) is 1. The van der Waals surface area contributed by atoms with Crippen LogP contribution in [-0.2, 0) is 4.79 Å². The van der Waals surface area contributed by atoms with Crippen molar-refractivity contribution in [2.45, 2.75) is 32.2 Å². The van der Waals surface area contributed by atoms with Gasteiger partial charge < -0.3 is 14.5 Å². The maximum atomic E-state index is 13.1. The van der Waals surface area contributed by atoms with Crippen LogP contribution in [-0.4, -0.2) is 85.4 Å². The van der Waals surface area contributed by atoms with Gasteiger partial charge in [0.25, 0.3) is 0 Å². The van der Waals surface area contributed by atoms with Gasteiger partial charge in [0, 0.05) is 43.9 Å². The molecule has 0 radical (unpaired) electrons. The fourth-order valence-electron chi connectivity index (χ4n) is 5.08. The van der Waals surface area contributed by atoms with E-state index in [9.17, 15) is 9.59 Å². The van der Waals surface area contributed by atoms with Crippen LogP contribution in [0.25, 0.3) is 11.1 Å². The molecule has 6 heteroatoms. The second kappa shape index (κ2) is 12.1. The lowest BCUT2D eigenvalue weighted by atomic mass is 9.96. The summed E-state index contributed by atoms with van der Waals surface area (Å²) in [6.07, 6.45) is 6.05. The smallest absolute Gasteiger partial charge is 0.246 e. The number of carbonyl (C=O) groups is 2. The molecular weight excluding hydrogens is 438 g/mol. The Morgan fingerprint density at radius 2 is 1.71 bits per heavy atom. The second-order valence-electron chi connectivity index (χ2n) is 9.45. The van der Waals surface area contributed by atoms with E-state index in [1.807, 2.05) is 54.3 Å². The van der Waals surface area contributed by atoms with Crippen molar-refractivity contribution in [3.05, 3.63) is 66.2 Å². The minimum atomic E-state index is -0.177. The normalized spacial score (nSPS) is 18.5. The molecule has 2 saturated heterocycles. The van der Waals surface area contributed by atoms with E-state index in [1.165, 1.54) is 18.6 Å². The third kappa shape index (κ3) is 6.59. The van der Waals surface area contributed by atoms with Crippen LogP contribution in [0.1, 0.15) is 36.5 Å². The number of benzene rings is 2. The topological polar surface area (TPSA) is 53.1 Å². The summed E-state index contributed by atoms with van der Waals surface area (Å²) >= 11 is 0. The van der Waals surface area contributed by atoms with Gasteiger partial charge in [-0.3, -0.25) is 14.5 Å². The third-order valence-electron chi connectivity index (χ3n) is 7.08. The van der Waals surface area contributed by atoms with Gasteiger partial charge in [0.15, 0.2) is 5.78 Å². The first-order valence-corrected chi connectivity index (χ1v) is 12.8. The summed E-state index contributed by atoms with van der Waals surface area (Å²) in [6, 6.07) is 15.8.